The van der Waals surface area contributed by atoms with E-state index in [0.29, 0.717) is 6.54 Å². The lowest BCUT2D eigenvalue weighted by Crippen LogP contribution is -2.39. The molecule has 0 spiro atoms. The third kappa shape index (κ3) is 5.25. The van der Waals surface area contributed by atoms with Gasteiger partial charge in [0.15, 0.2) is 0 Å². The average molecular weight is 230 g/mol. The van der Waals surface area contributed by atoms with E-state index in [1.165, 1.54) is 25.8 Å². The minimum absolute atomic E-state index is 0.157. The van der Waals surface area contributed by atoms with Crippen LogP contribution in [-0.2, 0) is 0 Å². The maximum absolute atomic E-state index is 9.13. The highest BCUT2D eigenvalue weighted by Gasteiger charge is 2.16. The topological polar surface area (TPSA) is 55.7 Å². The Kier molecular flexibility index (Phi) is 6.96. The van der Waals surface area contributed by atoms with Gasteiger partial charge in [0.2, 0.25) is 0 Å². The van der Waals surface area contributed by atoms with Gasteiger partial charge in [0, 0.05) is 12.6 Å². The van der Waals surface area contributed by atoms with Crippen molar-refractivity contribution in [3.63, 3.8) is 0 Å². The third-order valence-electron chi connectivity index (χ3n) is 3.33. The Morgan fingerprint density at radius 2 is 2.25 bits per heavy atom. The van der Waals surface area contributed by atoms with Crippen molar-refractivity contribution in [2.24, 2.45) is 0 Å². The molecule has 1 rings (SSSR count). The summed E-state index contributed by atoms with van der Waals surface area (Å²) in [6.45, 7) is 5.94. The Balaban J connectivity index is 1.97. The molecule has 4 nitrogen and oxygen atoms in total. The van der Waals surface area contributed by atoms with Crippen molar-refractivity contribution >= 4 is 0 Å². The molecular formula is C12H26N2O2. The van der Waals surface area contributed by atoms with Gasteiger partial charge in [-0.15, -0.1) is 0 Å². The zero-order valence-electron chi connectivity index (χ0n) is 10.4. The first-order valence-electron chi connectivity index (χ1n) is 6.47. The standard InChI is InChI=1S/C12H26N2O2/c1-11-5-2-3-7-14(11)8-4-6-13-9-12(16)10-15/h11-13,15-16H,2-10H2,1H3/t11?,12-/m0/s1. The third-order valence-corrected chi connectivity index (χ3v) is 3.33. The summed E-state index contributed by atoms with van der Waals surface area (Å²) in [5, 5.41) is 20.9. The van der Waals surface area contributed by atoms with Crippen LogP contribution in [0, 0.1) is 0 Å². The Labute approximate surface area is 98.6 Å². The highest BCUT2D eigenvalue weighted by Crippen LogP contribution is 2.15. The maximum atomic E-state index is 9.13. The van der Waals surface area contributed by atoms with Crippen LogP contribution in [0.15, 0.2) is 0 Å². The van der Waals surface area contributed by atoms with Gasteiger partial charge in [0.25, 0.3) is 0 Å². The summed E-state index contributed by atoms with van der Waals surface area (Å²) in [4.78, 5) is 2.55. The molecule has 1 saturated heterocycles. The van der Waals surface area contributed by atoms with Crippen molar-refractivity contribution in [1.29, 1.82) is 0 Å². The Morgan fingerprint density at radius 3 is 2.94 bits per heavy atom. The van der Waals surface area contributed by atoms with Gasteiger partial charge in [0.05, 0.1) is 12.7 Å². The number of piperidine rings is 1. The van der Waals surface area contributed by atoms with E-state index >= 15 is 0 Å². The summed E-state index contributed by atoms with van der Waals surface area (Å²) in [7, 11) is 0. The fraction of sp³-hybridized carbons (Fsp3) is 1.00. The van der Waals surface area contributed by atoms with E-state index in [9.17, 15) is 0 Å². The number of aliphatic hydroxyl groups is 2. The predicted molar refractivity (Wildman–Crippen MR) is 65.5 cm³/mol. The van der Waals surface area contributed by atoms with E-state index in [4.69, 9.17) is 10.2 Å². The highest BCUT2D eigenvalue weighted by atomic mass is 16.3. The molecule has 0 bridgehead atoms. The van der Waals surface area contributed by atoms with E-state index in [2.05, 4.69) is 17.1 Å². The van der Waals surface area contributed by atoms with Gasteiger partial charge in [-0.1, -0.05) is 6.42 Å². The summed E-state index contributed by atoms with van der Waals surface area (Å²) in [5.41, 5.74) is 0. The largest absolute Gasteiger partial charge is 0.394 e. The van der Waals surface area contributed by atoms with Crippen LogP contribution in [0.2, 0.25) is 0 Å². The monoisotopic (exact) mass is 230 g/mol. The van der Waals surface area contributed by atoms with Gasteiger partial charge >= 0.3 is 0 Å². The number of likely N-dealkylation sites (tertiary alicyclic amines) is 1. The minimum Gasteiger partial charge on any atom is -0.394 e. The molecule has 3 N–H and O–H groups in total. The number of hydrogen-bond donors (Lipinski definition) is 3. The van der Waals surface area contributed by atoms with Gasteiger partial charge in [-0.25, -0.2) is 0 Å². The molecule has 1 heterocycles. The smallest absolute Gasteiger partial charge is 0.0894 e. The molecule has 0 radical (unpaired) electrons. The Bertz CT molecular complexity index is 178. The lowest BCUT2D eigenvalue weighted by molar-refractivity contribution is 0.0938. The fourth-order valence-corrected chi connectivity index (χ4v) is 2.23. The van der Waals surface area contributed by atoms with Crippen molar-refractivity contribution in [1.82, 2.24) is 10.2 Å². The first kappa shape index (κ1) is 13.9. The summed E-state index contributed by atoms with van der Waals surface area (Å²) >= 11 is 0. The quantitative estimate of drug-likeness (QED) is 0.547. The number of rotatable bonds is 7. The molecule has 96 valence electrons. The number of hydrogen-bond acceptors (Lipinski definition) is 4. The normalized spacial score (nSPS) is 24.6. The molecule has 1 aliphatic rings. The zero-order valence-corrected chi connectivity index (χ0v) is 10.4. The van der Waals surface area contributed by atoms with Crippen LogP contribution < -0.4 is 5.32 Å². The van der Waals surface area contributed by atoms with E-state index in [1.807, 2.05) is 0 Å². The Morgan fingerprint density at radius 1 is 1.44 bits per heavy atom. The lowest BCUT2D eigenvalue weighted by atomic mass is 10.0. The van der Waals surface area contributed by atoms with Crippen LogP contribution in [0.25, 0.3) is 0 Å². The second-order valence-corrected chi connectivity index (χ2v) is 4.77. The molecule has 0 aromatic heterocycles. The molecule has 0 saturated carbocycles. The molecule has 0 aliphatic carbocycles. The fourth-order valence-electron chi connectivity index (χ4n) is 2.23. The Hall–Kier alpha value is -0.160. The van der Waals surface area contributed by atoms with Gasteiger partial charge in [-0.05, 0) is 45.8 Å². The zero-order chi connectivity index (χ0) is 11.8. The van der Waals surface area contributed by atoms with E-state index in [-0.39, 0.29) is 6.61 Å². The summed E-state index contributed by atoms with van der Waals surface area (Å²) in [5.74, 6) is 0. The minimum atomic E-state index is -0.617. The van der Waals surface area contributed by atoms with Crippen molar-refractivity contribution < 1.29 is 10.2 Å². The molecule has 1 fully saturated rings. The van der Waals surface area contributed by atoms with E-state index < -0.39 is 6.10 Å². The molecule has 1 unspecified atom stereocenters. The molecule has 0 aromatic rings. The predicted octanol–water partition coefficient (Wildman–Crippen LogP) is 0.194. The number of nitrogens with one attached hydrogen (secondary N) is 1. The summed E-state index contributed by atoms with van der Waals surface area (Å²) in [6, 6.07) is 0.733. The van der Waals surface area contributed by atoms with Crippen LogP contribution in [0.1, 0.15) is 32.6 Å². The lowest BCUT2D eigenvalue weighted by Gasteiger charge is -2.33. The van der Waals surface area contributed by atoms with Crippen molar-refractivity contribution in [3.05, 3.63) is 0 Å². The van der Waals surface area contributed by atoms with Gasteiger partial charge < -0.3 is 20.4 Å². The van der Waals surface area contributed by atoms with Crippen LogP contribution >= 0.6 is 0 Å². The van der Waals surface area contributed by atoms with Gasteiger partial charge in [-0.3, -0.25) is 0 Å². The maximum Gasteiger partial charge on any atom is 0.0894 e. The van der Waals surface area contributed by atoms with E-state index in [0.717, 1.165) is 25.6 Å². The molecular weight excluding hydrogens is 204 g/mol. The number of aliphatic hydroxyl groups excluding tert-OH is 2. The second-order valence-electron chi connectivity index (χ2n) is 4.77. The molecule has 1 aliphatic heterocycles. The van der Waals surface area contributed by atoms with E-state index in [1.54, 1.807) is 0 Å². The first-order valence-corrected chi connectivity index (χ1v) is 6.47. The van der Waals surface area contributed by atoms with Gasteiger partial charge in [0.1, 0.15) is 0 Å². The average Bonchev–Trinajstić information content (AvgIpc) is 2.30. The molecule has 4 heteroatoms. The molecule has 16 heavy (non-hydrogen) atoms. The first-order chi connectivity index (χ1) is 7.74. The highest BCUT2D eigenvalue weighted by molar-refractivity contribution is 4.73. The van der Waals surface area contributed by atoms with Crippen molar-refractivity contribution in [2.45, 2.75) is 44.8 Å². The van der Waals surface area contributed by atoms with Crippen LogP contribution in [0.3, 0.4) is 0 Å². The molecule has 0 amide bonds. The molecule has 0 aromatic carbocycles. The van der Waals surface area contributed by atoms with Crippen molar-refractivity contribution in [2.75, 3.05) is 32.8 Å². The SMILES string of the molecule is CC1CCCCN1CCCNC[C@H](O)CO. The van der Waals surface area contributed by atoms with Crippen molar-refractivity contribution in [3.8, 4) is 0 Å². The number of nitrogens with zero attached hydrogens (tertiary/aromatic N) is 1. The van der Waals surface area contributed by atoms with Crippen LogP contribution in [-0.4, -0.2) is 60.0 Å². The van der Waals surface area contributed by atoms with Crippen LogP contribution in [0.4, 0.5) is 0 Å². The second kappa shape index (κ2) is 8.01. The van der Waals surface area contributed by atoms with Crippen LogP contribution in [0.5, 0.6) is 0 Å². The van der Waals surface area contributed by atoms with Gasteiger partial charge in [-0.2, -0.15) is 0 Å². The summed E-state index contributed by atoms with van der Waals surface area (Å²) < 4.78 is 0. The summed E-state index contributed by atoms with van der Waals surface area (Å²) in [6.07, 6.45) is 4.53. The molecule has 2 atom stereocenters.